The number of carbonyl (C=O) groups is 2. The minimum atomic E-state index is -4.09. The Morgan fingerprint density at radius 3 is 2.61 bits per heavy atom. The van der Waals surface area contributed by atoms with E-state index in [-0.39, 0.29) is 22.2 Å². The van der Waals surface area contributed by atoms with Gasteiger partial charge in [0, 0.05) is 6.07 Å². The van der Waals surface area contributed by atoms with Crippen LogP contribution >= 0.6 is 0 Å². The van der Waals surface area contributed by atoms with Crippen molar-refractivity contribution in [1.29, 1.82) is 0 Å². The van der Waals surface area contributed by atoms with E-state index in [9.17, 15) is 26.8 Å². The zero-order valence-electron chi connectivity index (χ0n) is 15.7. The highest BCUT2D eigenvalue weighted by molar-refractivity contribution is 7.90. The Labute approximate surface area is 174 Å². The standard InChI is InChI=1S/C18H13F2N5O5S/c1-30-17(27)16-22-18-23-31(28,29)14-5-3-2-4-13(14)25(18)24(16)9-15(26)21-12-7-6-10(19)8-11(12)20/h2-8H,9H2,1H3,(H,21,26). The van der Waals surface area contributed by atoms with Gasteiger partial charge in [0.15, 0.2) is 0 Å². The molecule has 13 heteroatoms. The number of fused-ring (bicyclic) bond motifs is 3. The number of carbonyl (C=O) groups excluding carboxylic acids is 2. The zero-order chi connectivity index (χ0) is 22.3. The minimum absolute atomic E-state index is 0.107. The monoisotopic (exact) mass is 449 g/mol. The van der Waals surface area contributed by atoms with E-state index in [1.165, 1.54) is 23.2 Å². The number of nitrogens with one attached hydrogen (secondary N) is 1. The predicted octanol–water partition coefficient (Wildman–Crippen LogP) is 1.27. The number of anilines is 2. The molecule has 4 rings (SSSR count). The number of methoxy groups -OCH3 is 1. The summed E-state index contributed by atoms with van der Waals surface area (Å²) in [6.07, 6.45) is 0. The topological polar surface area (TPSA) is 121 Å². The summed E-state index contributed by atoms with van der Waals surface area (Å²) in [6.45, 7) is -0.585. The largest absolute Gasteiger partial charge is 0.463 e. The lowest BCUT2D eigenvalue weighted by atomic mass is 10.3. The molecule has 2 aromatic carbocycles. The van der Waals surface area contributed by atoms with E-state index >= 15 is 0 Å². The molecule has 0 saturated carbocycles. The number of nitrogens with zero attached hydrogens (tertiary/aromatic N) is 4. The number of guanidine groups is 1. The molecule has 0 saturated heterocycles. The first-order valence-electron chi connectivity index (χ1n) is 8.65. The third-order valence-electron chi connectivity index (χ3n) is 4.32. The van der Waals surface area contributed by atoms with E-state index in [1.54, 1.807) is 6.07 Å². The second-order valence-electron chi connectivity index (χ2n) is 6.30. The van der Waals surface area contributed by atoms with Crippen LogP contribution in [0.4, 0.5) is 20.2 Å². The number of amidine groups is 1. The quantitative estimate of drug-likeness (QED) is 0.698. The number of halogens is 2. The second-order valence-corrected chi connectivity index (χ2v) is 7.88. The summed E-state index contributed by atoms with van der Waals surface area (Å²) in [4.78, 5) is 28.5. The van der Waals surface area contributed by atoms with Gasteiger partial charge < -0.3 is 10.1 Å². The number of hydrazine groups is 1. The molecule has 0 unspecified atom stereocenters. The number of hydrogen-bond acceptors (Lipinski definition) is 8. The van der Waals surface area contributed by atoms with Crippen molar-refractivity contribution in [2.75, 3.05) is 24.0 Å². The van der Waals surface area contributed by atoms with Gasteiger partial charge in [-0.2, -0.15) is 13.4 Å². The number of para-hydroxylation sites is 1. The van der Waals surface area contributed by atoms with Crippen molar-refractivity contribution in [1.82, 2.24) is 5.01 Å². The van der Waals surface area contributed by atoms with Crippen LogP contribution in [0.15, 0.2) is 56.8 Å². The first kappa shape index (κ1) is 20.4. The number of benzene rings is 2. The Morgan fingerprint density at radius 2 is 1.90 bits per heavy atom. The molecule has 0 bridgehead atoms. The van der Waals surface area contributed by atoms with Crippen molar-refractivity contribution < 1.29 is 31.5 Å². The number of hydrogen-bond donors (Lipinski definition) is 1. The lowest BCUT2D eigenvalue weighted by Gasteiger charge is -2.32. The molecule has 0 atom stereocenters. The van der Waals surface area contributed by atoms with E-state index in [1.807, 2.05) is 0 Å². The van der Waals surface area contributed by atoms with Crippen LogP contribution < -0.4 is 10.3 Å². The normalized spacial score (nSPS) is 16.1. The lowest BCUT2D eigenvalue weighted by Crippen LogP contribution is -2.51. The predicted molar refractivity (Wildman–Crippen MR) is 105 cm³/mol. The van der Waals surface area contributed by atoms with Crippen molar-refractivity contribution >= 4 is 45.1 Å². The Kier molecular flexibility index (Phi) is 4.89. The van der Waals surface area contributed by atoms with E-state index < -0.39 is 45.9 Å². The molecule has 160 valence electrons. The van der Waals surface area contributed by atoms with E-state index in [0.717, 1.165) is 24.3 Å². The van der Waals surface area contributed by atoms with Crippen LogP contribution in [-0.4, -0.2) is 50.8 Å². The van der Waals surface area contributed by atoms with Crippen molar-refractivity contribution in [3.05, 3.63) is 54.1 Å². The molecule has 2 aliphatic heterocycles. The Hall–Kier alpha value is -3.87. The maximum Gasteiger partial charge on any atom is 0.375 e. The Balaban J connectivity index is 1.70. The average Bonchev–Trinajstić information content (AvgIpc) is 3.06. The minimum Gasteiger partial charge on any atom is -0.463 e. The van der Waals surface area contributed by atoms with Gasteiger partial charge in [-0.3, -0.25) is 4.79 Å². The molecule has 2 heterocycles. The number of esters is 1. The first-order valence-corrected chi connectivity index (χ1v) is 10.1. The fourth-order valence-electron chi connectivity index (χ4n) is 3.01. The van der Waals surface area contributed by atoms with Crippen LogP contribution in [0.5, 0.6) is 0 Å². The van der Waals surface area contributed by atoms with Crippen molar-refractivity contribution in [3.63, 3.8) is 0 Å². The van der Waals surface area contributed by atoms with E-state index in [4.69, 9.17) is 0 Å². The number of ether oxygens (including phenoxy) is 1. The Morgan fingerprint density at radius 1 is 1.16 bits per heavy atom. The summed E-state index contributed by atoms with van der Waals surface area (Å²) in [5, 5.41) is 4.48. The van der Waals surface area contributed by atoms with Gasteiger partial charge in [-0.25, -0.2) is 23.6 Å². The van der Waals surface area contributed by atoms with Crippen LogP contribution in [0.3, 0.4) is 0 Å². The van der Waals surface area contributed by atoms with Crippen molar-refractivity contribution in [3.8, 4) is 0 Å². The van der Waals surface area contributed by atoms with Crippen molar-refractivity contribution in [2.24, 2.45) is 9.39 Å². The van der Waals surface area contributed by atoms with Crippen LogP contribution in [-0.2, 0) is 24.3 Å². The van der Waals surface area contributed by atoms with E-state index in [2.05, 4.69) is 19.4 Å². The Bertz CT molecular complexity index is 1280. The fourth-order valence-corrected chi connectivity index (χ4v) is 4.11. The highest BCUT2D eigenvalue weighted by Crippen LogP contribution is 2.35. The third kappa shape index (κ3) is 3.59. The molecule has 0 aliphatic carbocycles. The smallest absolute Gasteiger partial charge is 0.375 e. The van der Waals surface area contributed by atoms with Gasteiger partial charge in [-0.05, 0) is 24.3 Å². The molecule has 1 amide bonds. The van der Waals surface area contributed by atoms with Gasteiger partial charge in [-0.15, -0.1) is 4.40 Å². The molecule has 2 aromatic rings. The maximum atomic E-state index is 13.9. The van der Waals surface area contributed by atoms with Gasteiger partial charge in [0.25, 0.3) is 16.0 Å². The average molecular weight is 449 g/mol. The summed E-state index contributed by atoms with van der Waals surface area (Å²) in [5.41, 5.74) is -0.173. The number of amides is 1. The van der Waals surface area contributed by atoms with Crippen LogP contribution in [0, 0.1) is 11.6 Å². The maximum absolute atomic E-state index is 13.9. The van der Waals surface area contributed by atoms with Crippen LogP contribution in [0.2, 0.25) is 0 Å². The molecule has 0 spiro atoms. The third-order valence-corrected chi connectivity index (χ3v) is 5.63. The summed E-state index contributed by atoms with van der Waals surface area (Å²) in [5.74, 6) is -4.32. The van der Waals surface area contributed by atoms with Crippen molar-refractivity contribution in [2.45, 2.75) is 4.90 Å². The number of sulfonamides is 1. The van der Waals surface area contributed by atoms with E-state index in [0.29, 0.717) is 6.07 Å². The van der Waals surface area contributed by atoms with Gasteiger partial charge in [0.1, 0.15) is 23.1 Å². The van der Waals surface area contributed by atoms with Crippen LogP contribution in [0.1, 0.15) is 0 Å². The van der Waals surface area contributed by atoms with Gasteiger partial charge in [0.05, 0.1) is 18.5 Å². The van der Waals surface area contributed by atoms with Crippen LogP contribution in [0.25, 0.3) is 0 Å². The molecule has 31 heavy (non-hydrogen) atoms. The highest BCUT2D eigenvalue weighted by Gasteiger charge is 2.43. The molecular weight excluding hydrogens is 436 g/mol. The number of aliphatic imine (C=N–C) groups is 1. The summed E-state index contributed by atoms with van der Waals surface area (Å²) >= 11 is 0. The number of rotatable bonds is 4. The summed E-state index contributed by atoms with van der Waals surface area (Å²) < 4.78 is 60.1. The molecule has 2 aliphatic rings. The van der Waals surface area contributed by atoms with Gasteiger partial charge in [-0.1, -0.05) is 12.1 Å². The fraction of sp³-hybridized carbons (Fsp3) is 0.111. The molecule has 0 aromatic heterocycles. The van der Waals surface area contributed by atoms with Gasteiger partial charge in [0.2, 0.25) is 11.7 Å². The molecular formula is C18H13F2N5O5S. The molecule has 0 fully saturated rings. The highest BCUT2D eigenvalue weighted by atomic mass is 32.2. The lowest BCUT2D eigenvalue weighted by molar-refractivity contribution is -0.133. The summed E-state index contributed by atoms with van der Waals surface area (Å²) in [6, 6.07) is 8.41. The SMILES string of the molecule is COC(=O)C1=NC2=NS(=O)(=O)c3ccccc3N2N1CC(=O)Nc1ccc(F)cc1F. The molecule has 0 radical (unpaired) electrons. The summed E-state index contributed by atoms with van der Waals surface area (Å²) in [7, 11) is -3.00. The molecule has 1 N–H and O–H groups in total. The molecule has 10 nitrogen and oxygen atoms in total. The first-order chi connectivity index (χ1) is 14.7. The second kappa shape index (κ2) is 7.43. The zero-order valence-corrected chi connectivity index (χ0v) is 16.6. The van der Waals surface area contributed by atoms with Gasteiger partial charge >= 0.3 is 5.97 Å².